The number of carbonyl (C=O) groups excluding carboxylic acids is 2. The van der Waals surface area contributed by atoms with Crippen molar-refractivity contribution in [2.24, 2.45) is 5.10 Å². The number of ether oxygens (including phenoxy) is 1. The molecule has 0 atom stereocenters. The third-order valence-corrected chi connectivity index (χ3v) is 3.88. The molecule has 0 bridgehead atoms. The molecule has 0 heterocycles. The second-order valence-corrected chi connectivity index (χ2v) is 5.90. The van der Waals surface area contributed by atoms with Crippen LogP contribution in [-0.2, 0) is 4.79 Å². The maximum absolute atomic E-state index is 12.0. The Hall–Kier alpha value is -3.46. The minimum atomic E-state index is -0.607. The fourth-order valence-corrected chi connectivity index (χ4v) is 2.31. The van der Waals surface area contributed by atoms with Crippen LogP contribution in [-0.4, -0.2) is 36.6 Å². The zero-order chi connectivity index (χ0) is 20.5. The predicted octanol–water partition coefficient (Wildman–Crippen LogP) is 2.53. The van der Waals surface area contributed by atoms with Crippen molar-refractivity contribution in [3.8, 4) is 5.75 Å². The van der Waals surface area contributed by atoms with E-state index < -0.39 is 10.8 Å². The summed E-state index contributed by atoms with van der Waals surface area (Å²) in [7, 11) is 1.53. The number of nitrogens with one attached hydrogen (secondary N) is 2. The summed E-state index contributed by atoms with van der Waals surface area (Å²) in [5.41, 5.74) is 2.89. The normalized spacial score (nSPS) is 10.5. The standard InChI is InChI=1S/C18H17ClN4O5/c1-28-14-5-3-13(4-6-14)18(25)20-9-8-17(24)22-21-11-12-2-7-15(19)16(10-12)23(26)27/h2-7,10-11H,8-9H2,1H3,(H,20,25)(H,22,24). The number of rotatable bonds is 8. The lowest BCUT2D eigenvalue weighted by molar-refractivity contribution is -0.384. The van der Waals surface area contributed by atoms with Gasteiger partial charge in [0, 0.05) is 30.2 Å². The molecular weight excluding hydrogens is 388 g/mol. The van der Waals surface area contributed by atoms with Gasteiger partial charge in [-0.1, -0.05) is 17.7 Å². The van der Waals surface area contributed by atoms with E-state index in [0.717, 1.165) is 0 Å². The van der Waals surface area contributed by atoms with Crippen molar-refractivity contribution in [1.29, 1.82) is 0 Å². The van der Waals surface area contributed by atoms with Crippen molar-refractivity contribution < 1.29 is 19.2 Å². The van der Waals surface area contributed by atoms with Crippen LogP contribution in [0.2, 0.25) is 5.02 Å². The van der Waals surface area contributed by atoms with Gasteiger partial charge in [-0.05, 0) is 30.3 Å². The maximum Gasteiger partial charge on any atom is 0.288 e. The number of nitro benzene ring substituents is 1. The highest BCUT2D eigenvalue weighted by molar-refractivity contribution is 6.32. The van der Waals surface area contributed by atoms with Crippen LogP contribution >= 0.6 is 11.6 Å². The molecule has 146 valence electrons. The van der Waals surface area contributed by atoms with Crippen molar-refractivity contribution in [2.45, 2.75) is 6.42 Å². The first-order valence-electron chi connectivity index (χ1n) is 8.09. The lowest BCUT2D eigenvalue weighted by Gasteiger charge is -2.05. The monoisotopic (exact) mass is 404 g/mol. The largest absolute Gasteiger partial charge is 0.497 e. The second-order valence-electron chi connectivity index (χ2n) is 5.50. The number of hydrogen-bond donors (Lipinski definition) is 2. The van der Waals surface area contributed by atoms with Crippen LogP contribution in [0, 0.1) is 10.1 Å². The average Bonchev–Trinajstić information content (AvgIpc) is 2.69. The Bertz CT molecular complexity index is 899. The van der Waals surface area contributed by atoms with Gasteiger partial charge in [0.25, 0.3) is 11.6 Å². The highest BCUT2D eigenvalue weighted by Gasteiger charge is 2.12. The van der Waals surface area contributed by atoms with E-state index in [9.17, 15) is 19.7 Å². The van der Waals surface area contributed by atoms with E-state index in [0.29, 0.717) is 16.9 Å². The smallest absolute Gasteiger partial charge is 0.288 e. The first-order chi connectivity index (χ1) is 13.4. The molecule has 0 saturated heterocycles. The molecule has 9 nitrogen and oxygen atoms in total. The van der Waals surface area contributed by atoms with E-state index >= 15 is 0 Å². The number of carbonyl (C=O) groups is 2. The summed E-state index contributed by atoms with van der Waals surface area (Å²) in [6.45, 7) is 0.124. The topological polar surface area (TPSA) is 123 Å². The van der Waals surface area contributed by atoms with Crippen LogP contribution in [0.3, 0.4) is 0 Å². The average molecular weight is 405 g/mol. The summed E-state index contributed by atoms with van der Waals surface area (Å²) >= 11 is 5.72. The van der Waals surface area contributed by atoms with Crippen LogP contribution < -0.4 is 15.5 Å². The summed E-state index contributed by atoms with van der Waals surface area (Å²) in [6.07, 6.45) is 1.27. The Labute approximate surface area is 165 Å². The predicted molar refractivity (Wildman–Crippen MR) is 104 cm³/mol. The first-order valence-corrected chi connectivity index (χ1v) is 8.46. The number of nitro groups is 1. The Balaban J connectivity index is 1.78. The van der Waals surface area contributed by atoms with Gasteiger partial charge in [-0.2, -0.15) is 5.10 Å². The lowest BCUT2D eigenvalue weighted by atomic mass is 10.2. The van der Waals surface area contributed by atoms with Gasteiger partial charge >= 0.3 is 0 Å². The molecule has 0 radical (unpaired) electrons. The molecule has 0 saturated carbocycles. The highest BCUT2D eigenvalue weighted by Crippen LogP contribution is 2.24. The summed E-state index contributed by atoms with van der Waals surface area (Å²) in [5, 5.41) is 17.2. The molecule has 0 unspecified atom stereocenters. The maximum atomic E-state index is 12.0. The summed E-state index contributed by atoms with van der Waals surface area (Å²) in [5.74, 6) is -0.0954. The van der Waals surface area contributed by atoms with E-state index in [1.165, 1.54) is 31.5 Å². The molecule has 2 rings (SSSR count). The van der Waals surface area contributed by atoms with E-state index in [-0.39, 0.29) is 29.6 Å². The van der Waals surface area contributed by atoms with Crippen LogP contribution in [0.1, 0.15) is 22.3 Å². The van der Waals surface area contributed by atoms with Gasteiger partial charge in [0.15, 0.2) is 0 Å². The Morgan fingerprint density at radius 2 is 1.96 bits per heavy atom. The Morgan fingerprint density at radius 3 is 2.61 bits per heavy atom. The first kappa shape index (κ1) is 20.8. The van der Waals surface area contributed by atoms with Crippen molar-refractivity contribution in [3.63, 3.8) is 0 Å². The number of nitrogens with zero attached hydrogens (tertiary/aromatic N) is 2. The molecule has 0 aliphatic carbocycles. The molecule has 2 N–H and O–H groups in total. The van der Waals surface area contributed by atoms with Crippen molar-refractivity contribution in [2.75, 3.05) is 13.7 Å². The molecule has 0 spiro atoms. The van der Waals surface area contributed by atoms with Gasteiger partial charge in [-0.25, -0.2) is 5.43 Å². The van der Waals surface area contributed by atoms with E-state index in [1.54, 1.807) is 24.3 Å². The number of methoxy groups -OCH3 is 1. The van der Waals surface area contributed by atoms with Gasteiger partial charge in [-0.15, -0.1) is 0 Å². The lowest BCUT2D eigenvalue weighted by Crippen LogP contribution is -2.29. The highest BCUT2D eigenvalue weighted by atomic mass is 35.5. The van der Waals surface area contributed by atoms with Gasteiger partial charge in [0.2, 0.25) is 5.91 Å². The van der Waals surface area contributed by atoms with Crippen LogP contribution in [0.25, 0.3) is 0 Å². The molecule has 0 fully saturated rings. The number of hydrogen-bond acceptors (Lipinski definition) is 6. The molecule has 10 heteroatoms. The molecule has 0 aliphatic heterocycles. The molecule has 28 heavy (non-hydrogen) atoms. The number of amides is 2. The zero-order valence-corrected chi connectivity index (χ0v) is 15.6. The Morgan fingerprint density at radius 1 is 1.25 bits per heavy atom. The van der Waals surface area contributed by atoms with Crippen molar-refractivity contribution >= 4 is 35.3 Å². The van der Waals surface area contributed by atoms with Gasteiger partial charge in [-0.3, -0.25) is 19.7 Å². The van der Waals surface area contributed by atoms with E-state index in [1.807, 2.05) is 0 Å². The van der Waals surface area contributed by atoms with Gasteiger partial charge in [0.1, 0.15) is 10.8 Å². The Kier molecular flexibility index (Phi) is 7.46. The fourth-order valence-electron chi connectivity index (χ4n) is 2.12. The number of halogens is 1. The van der Waals surface area contributed by atoms with Crippen LogP contribution in [0.15, 0.2) is 47.6 Å². The molecule has 0 aliphatic rings. The molecule has 2 amide bonds. The van der Waals surface area contributed by atoms with Crippen molar-refractivity contribution in [3.05, 3.63) is 68.7 Å². The number of benzene rings is 2. The third kappa shape index (κ3) is 6.06. The van der Waals surface area contributed by atoms with Crippen LogP contribution in [0.5, 0.6) is 5.75 Å². The molecule has 0 aromatic heterocycles. The van der Waals surface area contributed by atoms with Gasteiger partial charge in [0.05, 0.1) is 18.2 Å². The van der Waals surface area contributed by atoms with Crippen molar-refractivity contribution in [1.82, 2.24) is 10.7 Å². The quantitative estimate of drug-likeness (QED) is 0.397. The minimum Gasteiger partial charge on any atom is -0.497 e. The fraction of sp³-hybridized carbons (Fsp3) is 0.167. The summed E-state index contributed by atoms with van der Waals surface area (Å²) < 4.78 is 5.02. The minimum absolute atomic E-state index is 0.0128. The third-order valence-electron chi connectivity index (χ3n) is 3.56. The molecule has 2 aromatic rings. The van der Waals surface area contributed by atoms with Crippen LogP contribution in [0.4, 0.5) is 5.69 Å². The number of hydrazone groups is 1. The van der Waals surface area contributed by atoms with E-state index in [4.69, 9.17) is 16.3 Å². The summed E-state index contributed by atoms with van der Waals surface area (Å²) in [6, 6.07) is 10.7. The molecular formula is C18H17ClN4O5. The summed E-state index contributed by atoms with van der Waals surface area (Å²) in [4.78, 5) is 33.9. The zero-order valence-electron chi connectivity index (χ0n) is 14.8. The SMILES string of the molecule is COc1ccc(C(=O)NCCC(=O)NN=Cc2ccc(Cl)c([N+](=O)[O-])c2)cc1. The van der Waals surface area contributed by atoms with Gasteiger partial charge < -0.3 is 10.1 Å². The molecule has 2 aromatic carbocycles. The second kappa shape index (κ2) is 10.0. The van der Waals surface area contributed by atoms with E-state index in [2.05, 4.69) is 15.8 Å².